The molecule has 0 radical (unpaired) electrons. The molecule has 0 atom stereocenters. The van der Waals surface area contributed by atoms with Gasteiger partial charge in [0, 0.05) is 12.7 Å². The molecule has 0 unspecified atom stereocenters. The number of aromatic nitrogens is 1. The Morgan fingerprint density at radius 3 is 3.07 bits per heavy atom. The van der Waals surface area contributed by atoms with Gasteiger partial charge in [-0.3, -0.25) is 9.78 Å². The number of nitrogens with zero attached hydrogens (tertiary/aromatic N) is 1. The molecule has 0 saturated heterocycles. The monoisotopic (exact) mass is 195 g/mol. The number of hydrogen-bond donors (Lipinski definition) is 2. The van der Waals surface area contributed by atoms with E-state index in [1.54, 1.807) is 24.4 Å². The van der Waals surface area contributed by atoms with Gasteiger partial charge in [0.1, 0.15) is 5.69 Å². The van der Waals surface area contributed by atoms with Crippen molar-refractivity contribution in [2.75, 3.05) is 13.2 Å². The summed E-state index contributed by atoms with van der Waals surface area (Å²) in [5.41, 5.74) is 0.418. The quantitative estimate of drug-likeness (QED) is 0.515. The predicted octanol–water partition coefficient (Wildman–Crippen LogP) is 0.0918. The van der Waals surface area contributed by atoms with Gasteiger partial charge in [-0.1, -0.05) is 6.07 Å². The summed E-state index contributed by atoms with van der Waals surface area (Å²) >= 11 is 0. The van der Waals surface area contributed by atoms with Crippen molar-refractivity contribution in [1.82, 2.24) is 10.3 Å². The molecule has 0 spiro atoms. The summed E-state index contributed by atoms with van der Waals surface area (Å²) in [7, 11) is 0. The maximum atomic E-state index is 11.4. The van der Waals surface area contributed by atoms with Crippen LogP contribution in [0.4, 0.5) is 0 Å². The van der Waals surface area contributed by atoms with Crippen molar-refractivity contribution < 1.29 is 9.63 Å². The lowest BCUT2D eigenvalue weighted by atomic mass is 10.3. The highest BCUT2D eigenvalue weighted by Gasteiger charge is 2.03. The zero-order valence-corrected chi connectivity index (χ0v) is 7.77. The van der Waals surface area contributed by atoms with E-state index in [4.69, 9.17) is 5.90 Å². The first-order valence-electron chi connectivity index (χ1n) is 4.35. The third-order valence-corrected chi connectivity index (χ3v) is 1.62. The summed E-state index contributed by atoms with van der Waals surface area (Å²) < 4.78 is 0. The zero-order chi connectivity index (χ0) is 10.2. The van der Waals surface area contributed by atoms with E-state index in [1.807, 2.05) is 0 Å². The van der Waals surface area contributed by atoms with E-state index in [0.717, 1.165) is 0 Å². The normalized spacial score (nSPS) is 9.79. The maximum absolute atomic E-state index is 11.4. The number of nitrogens with one attached hydrogen (secondary N) is 1. The van der Waals surface area contributed by atoms with Crippen molar-refractivity contribution in [2.45, 2.75) is 6.42 Å². The van der Waals surface area contributed by atoms with Crippen molar-refractivity contribution >= 4 is 5.91 Å². The van der Waals surface area contributed by atoms with Crippen LogP contribution in [-0.4, -0.2) is 24.0 Å². The molecule has 1 rings (SSSR count). The average molecular weight is 195 g/mol. The number of rotatable bonds is 5. The van der Waals surface area contributed by atoms with Crippen LogP contribution in [0.2, 0.25) is 0 Å². The lowest BCUT2D eigenvalue weighted by molar-refractivity contribution is 0.0936. The van der Waals surface area contributed by atoms with Crippen LogP contribution in [0.1, 0.15) is 16.9 Å². The molecule has 3 N–H and O–H groups in total. The standard InChI is InChI=1S/C9H13N3O2/c10-14-7-3-6-12-9(13)8-4-1-2-5-11-8/h1-2,4-5H,3,6-7,10H2,(H,12,13). The Hall–Kier alpha value is -1.46. The Morgan fingerprint density at radius 2 is 2.43 bits per heavy atom. The minimum absolute atomic E-state index is 0.178. The summed E-state index contributed by atoms with van der Waals surface area (Å²) in [5.74, 6) is 4.65. The first-order chi connectivity index (χ1) is 6.84. The first kappa shape index (κ1) is 10.6. The predicted molar refractivity (Wildman–Crippen MR) is 51.3 cm³/mol. The molecular formula is C9H13N3O2. The zero-order valence-electron chi connectivity index (χ0n) is 7.77. The fourth-order valence-corrected chi connectivity index (χ4v) is 0.945. The summed E-state index contributed by atoms with van der Waals surface area (Å²) in [6.07, 6.45) is 2.27. The highest BCUT2D eigenvalue weighted by molar-refractivity contribution is 5.92. The van der Waals surface area contributed by atoms with Gasteiger partial charge in [-0.15, -0.1) is 0 Å². The lowest BCUT2D eigenvalue weighted by Gasteiger charge is -2.02. The summed E-state index contributed by atoms with van der Waals surface area (Å²) in [6.45, 7) is 0.967. The van der Waals surface area contributed by atoms with Crippen molar-refractivity contribution in [3.8, 4) is 0 Å². The van der Waals surface area contributed by atoms with Gasteiger partial charge in [-0.2, -0.15) is 0 Å². The van der Waals surface area contributed by atoms with Crippen LogP contribution in [-0.2, 0) is 4.84 Å². The van der Waals surface area contributed by atoms with Crippen molar-refractivity contribution in [1.29, 1.82) is 0 Å². The Kier molecular flexibility index (Phi) is 4.60. The van der Waals surface area contributed by atoms with Crippen molar-refractivity contribution in [2.24, 2.45) is 5.90 Å². The molecule has 5 heteroatoms. The molecule has 0 aromatic carbocycles. The van der Waals surface area contributed by atoms with Gasteiger partial charge in [-0.25, -0.2) is 5.90 Å². The Labute approximate surface area is 82.2 Å². The molecule has 0 bridgehead atoms. The molecule has 1 aromatic heterocycles. The molecule has 0 aliphatic carbocycles. The van der Waals surface area contributed by atoms with E-state index in [1.165, 1.54) is 0 Å². The molecule has 1 heterocycles. The molecule has 0 saturated carbocycles. The van der Waals surface area contributed by atoms with E-state index >= 15 is 0 Å². The largest absolute Gasteiger partial charge is 0.351 e. The van der Waals surface area contributed by atoms with Gasteiger partial charge >= 0.3 is 0 Å². The van der Waals surface area contributed by atoms with E-state index in [-0.39, 0.29) is 5.91 Å². The Balaban J connectivity index is 2.29. The summed E-state index contributed by atoms with van der Waals surface area (Å²) in [4.78, 5) is 19.6. The van der Waals surface area contributed by atoms with Gasteiger partial charge in [0.25, 0.3) is 5.91 Å². The number of carbonyl (C=O) groups is 1. The van der Waals surface area contributed by atoms with E-state index < -0.39 is 0 Å². The van der Waals surface area contributed by atoms with E-state index in [2.05, 4.69) is 15.1 Å². The smallest absolute Gasteiger partial charge is 0.269 e. The van der Waals surface area contributed by atoms with Crippen LogP contribution < -0.4 is 11.2 Å². The van der Waals surface area contributed by atoms with Crippen LogP contribution in [0.15, 0.2) is 24.4 Å². The van der Waals surface area contributed by atoms with Gasteiger partial charge in [0.05, 0.1) is 6.61 Å². The Bertz CT molecular complexity index is 277. The lowest BCUT2D eigenvalue weighted by Crippen LogP contribution is -2.26. The number of amides is 1. The number of hydrogen-bond acceptors (Lipinski definition) is 4. The number of pyridine rings is 1. The molecule has 5 nitrogen and oxygen atoms in total. The van der Waals surface area contributed by atoms with Crippen LogP contribution in [0.5, 0.6) is 0 Å². The molecule has 14 heavy (non-hydrogen) atoms. The van der Waals surface area contributed by atoms with E-state index in [9.17, 15) is 4.79 Å². The maximum Gasteiger partial charge on any atom is 0.269 e. The fourth-order valence-electron chi connectivity index (χ4n) is 0.945. The van der Waals surface area contributed by atoms with Crippen molar-refractivity contribution in [3.05, 3.63) is 30.1 Å². The fraction of sp³-hybridized carbons (Fsp3) is 0.333. The van der Waals surface area contributed by atoms with Crippen LogP contribution in [0, 0.1) is 0 Å². The summed E-state index contributed by atoms with van der Waals surface area (Å²) in [5, 5.41) is 2.70. The van der Waals surface area contributed by atoms with Gasteiger partial charge in [-0.05, 0) is 18.6 Å². The topological polar surface area (TPSA) is 77.2 Å². The van der Waals surface area contributed by atoms with Gasteiger partial charge in [0.15, 0.2) is 0 Å². The third kappa shape index (κ3) is 3.51. The molecule has 0 fully saturated rings. The highest BCUT2D eigenvalue weighted by atomic mass is 16.6. The number of nitrogens with two attached hydrogens (primary N) is 1. The van der Waals surface area contributed by atoms with Crippen LogP contribution in [0.3, 0.4) is 0 Å². The molecule has 0 aliphatic heterocycles. The first-order valence-corrected chi connectivity index (χ1v) is 4.35. The molecule has 76 valence electrons. The minimum Gasteiger partial charge on any atom is -0.351 e. The minimum atomic E-state index is -0.178. The van der Waals surface area contributed by atoms with Crippen LogP contribution >= 0.6 is 0 Å². The summed E-state index contributed by atoms with van der Waals surface area (Å²) in [6, 6.07) is 5.19. The van der Waals surface area contributed by atoms with Gasteiger partial charge in [0.2, 0.25) is 0 Å². The average Bonchev–Trinajstić information content (AvgIpc) is 2.25. The second-order valence-corrected chi connectivity index (χ2v) is 2.70. The second kappa shape index (κ2) is 6.06. The Morgan fingerprint density at radius 1 is 1.57 bits per heavy atom. The molecule has 1 aromatic rings. The number of carbonyl (C=O) groups excluding carboxylic acids is 1. The third-order valence-electron chi connectivity index (χ3n) is 1.62. The van der Waals surface area contributed by atoms with Crippen LogP contribution in [0.25, 0.3) is 0 Å². The van der Waals surface area contributed by atoms with Gasteiger partial charge < -0.3 is 10.2 Å². The second-order valence-electron chi connectivity index (χ2n) is 2.70. The molecule has 1 amide bonds. The van der Waals surface area contributed by atoms with E-state index in [0.29, 0.717) is 25.3 Å². The highest BCUT2D eigenvalue weighted by Crippen LogP contribution is 1.92. The van der Waals surface area contributed by atoms with Crippen molar-refractivity contribution in [3.63, 3.8) is 0 Å². The molecule has 0 aliphatic rings. The molecular weight excluding hydrogens is 182 g/mol. The SMILES string of the molecule is NOCCCNC(=O)c1ccccn1.